The third-order valence-corrected chi connectivity index (χ3v) is 7.21. The summed E-state index contributed by atoms with van der Waals surface area (Å²) in [5.74, 6) is 0.500. The molecule has 1 fully saturated rings. The molecule has 5 rings (SSSR count). The Labute approximate surface area is 219 Å². The van der Waals surface area contributed by atoms with Crippen LogP contribution in [-0.4, -0.2) is 72.9 Å². The van der Waals surface area contributed by atoms with Gasteiger partial charge in [-0.25, -0.2) is 14.6 Å². The van der Waals surface area contributed by atoms with E-state index in [-0.39, 0.29) is 29.9 Å². The van der Waals surface area contributed by atoms with Crippen LogP contribution >= 0.6 is 11.3 Å². The van der Waals surface area contributed by atoms with Gasteiger partial charge in [0.05, 0.1) is 33.0 Å². The van der Waals surface area contributed by atoms with Gasteiger partial charge >= 0.3 is 12.0 Å². The quantitative estimate of drug-likeness (QED) is 0.331. The number of amides is 2. The van der Waals surface area contributed by atoms with Gasteiger partial charge in [-0.2, -0.15) is 0 Å². The number of urea groups is 1. The number of aromatic nitrogens is 2. The number of hydrogen-bond donors (Lipinski definition) is 1. The van der Waals surface area contributed by atoms with Crippen LogP contribution in [0.4, 0.5) is 16.3 Å². The number of rotatable bonds is 9. The first kappa shape index (κ1) is 25.1. The SMILES string of the molecule is CCOC(=O)c1sc(-c2ccncc2)nc1N1Cc2cc(OCCCN3CCOCC3)ccc2NC1=O. The number of benzene rings is 1. The van der Waals surface area contributed by atoms with Crippen LogP contribution in [0.3, 0.4) is 0 Å². The van der Waals surface area contributed by atoms with Crippen LogP contribution < -0.4 is 15.0 Å². The molecule has 0 aliphatic carbocycles. The van der Waals surface area contributed by atoms with Crippen LogP contribution in [0.25, 0.3) is 10.6 Å². The molecule has 0 unspecified atom stereocenters. The summed E-state index contributed by atoms with van der Waals surface area (Å²) in [5.41, 5.74) is 2.39. The van der Waals surface area contributed by atoms with Gasteiger partial charge in [0.2, 0.25) is 0 Å². The van der Waals surface area contributed by atoms with Crippen LogP contribution in [0.2, 0.25) is 0 Å². The van der Waals surface area contributed by atoms with Crippen molar-refractivity contribution in [1.82, 2.24) is 14.9 Å². The van der Waals surface area contributed by atoms with Gasteiger partial charge in [-0.1, -0.05) is 0 Å². The number of anilines is 2. The molecule has 0 saturated carbocycles. The fraction of sp³-hybridized carbons (Fsp3) is 0.385. The predicted octanol–water partition coefficient (Wildman–Crippen LogP) is 4.04. The Bertz CT molecular complexity index is 1250. The first-order valence-corrected chi connectivity index (χ1v) is 13.2. The topological polar surface area (TPSA) is 106 Å². The number of thiazole rings is 1. The summed E-state index contributed by atoms with van der Waals surface area (Å²) in [7, 11) is 0. The number of esters is 1. The number of carbonyl (C=O) groups excluding carboxylic acids is 2. The molecule has 1 N–H and O–H groups in total. The molecule has 1 saturated heterocycles. The number of nitrogens with zero attached hydrogens (tertiary/aromatic N) is 4. The molecule has 0 spiro atoms. The normalized spacial score (nSPS) is 15.7. The lowest BCUT2D eigenvalue weighted by Crippen LogP contribution is -2.39. The summed E-state index contributed by atoms with van der Waals surface area (Å²) >= 11 is 1.19. The fourth-order valence-corrected chi connectivity index (χ4v) is 5.22. The minimum Gasteiger partial charge on any atom is -0.494 e. The Morgan fingerprint density at radius 1 is 1.19 bits per heavy atom. The van der Waals surface area contributed by atoms with Crippen molar-refractivity contribution in [2.75, 3.05) is 56.3 Å². The molecule has 10 nitrogen and oxygen atoms in total. The highest BCUT2D eigenvalue weighted by Gasteiger charge is 2.32. The fourth-order valence-electron chi connectivity index (χ4n) is 4.25. The number of morpholine rings is 1. The third-order valence-electron chi connectivity index (χ3n) is 6.14. The van der Waals surface area contributed by atoms with Crippen molar-refractivity contribution < 1.29 is 23.8 Å². The van der Waals surface area contributed by atoms with Crippen molar-refractivity contribution in [2.24, 2.45) is 0 Å². The highest BCUT2D eigenvalue weighted by Crippen LogP contribution is 2.37. The predicted molar refractivity (Wildman–Crippen MR) is 140 cm³/mol. The third kappa shape index (κ3) is 5.90. The summed E-state index contributed by atoms with van der Waals surface area (Å²) in [6.45, 7) is 7.28. The van der Waals surface area contributed by atoms with E-state index in [9.17, 15) is 9.59 Å². The molecular weight excluding hydrogens is 494 g/mol. The number of ether oxygens (including phenoxy) is 3. The Hall–Kier alpha value is -3.54. The van der Waals surface area contributed by atoms with Gasteiger partial charge in [-0.3, -0.25) is 14.8 Å². The number of pyridine rings is 1. The van der Waals surface area contributed by atoms with Gasteiger partial charge in [0.15, 0.2) is 10.7 Å². The van der Waals surface area contributed by atoms with E-state index in [1.165, 1.54) is 16.2 Å². The molecule has 37 heavy (non-hydrogen) atoms. The van der Waals surface area contributed by atoms with Gasteiger partial charge < -0.3 is 19.5 Å². The van der Waals surface area contributed by atoms with E-state index in [1.807, 2.05) is 30.3 Å². The number of nitrogens with one attached hydrogen (secondary N) is 1. The van der Waals surface area contributed by atoms with Gasteiger partial charge in [0.25, 0.3) is 0 Å². The van der Waals surface area contributed by atoms with Crippen molar-refractivity contribution in [3.8, 4) is 16.3 Å². The second-order valence-corrected chi connectivity index (χ2v) is 9.62. The molecule has 0 atom stereocenters. The first-order chi connectivity index (χ1) is 18.1. The van der Waals surface area contributed by atoms with E-state index in [0.717, 1.165) is 56.1 Å². The molecule has 2 aliphatic heterocycles. The average Bonchev–Trinajstić information content (AvgIpc) is 3.37. The Balaban J connectivity index is 1.32. The van der Waals surface area contributed by atoms with Crippen LogP contribution in [0.5, 0.6) is 5.75 Å². The van der Waals surface area contributed by atoms with Crippen LogP contribution in [0.15, 0.2) is 42.7 Å². The van der Waals surface area contributed by atoms with E-state index < -0.39 is 5.97 Å². The molecule has 2 aliphatic rings. The molecule has 4 heterocycles. The number of carbonyl (C=O) groups is 2. The molecule has 0 bridgehead atoms. The maximum atomic E-state index is 13.1. The Kier molecular flexibility index (Phi) is 7.93. The lowest BCUT2D eigenvalue weighted by molar-refractivity contribution is 0.0358. The van der Waals surface area contributed by atoms with Crippen molar-refractivity contribution in [3.05, 3.63) is 53.2 Å². The summed E-state index contributed by atoms with van der Waals surface area (Å²) in [6, 6.07) is 8.90. The second-order valence-electron chi connectivity index (χ2n) is 8.62. The van der Waals surface area contributed by atoms with Gasteiger partial charge in [-0.15, -0.1) is 11.3 Å². The lowest BCUT2D eigenvalue weighted by atomic mass is 10.1. The van der Waals surface area contributed by atoms with Crippen molar-refractivity contribution in [1.29, 1.82) is 0 Å². The summed E-state index contributed by atoms with van der Waals surface area (Å²) in [5, 5.41) is 3.52. The number of fused-ring (bicyclic) bond motifs is 1. The molecule has 0 radical (unpaired) electrons. The minimum absolute atomic E-state index is 0.224. The molecule has 11 heteroatoms. The maximum Gasteiger partial charge on any atom is 0.352 e. The van der Waals surface area contributed by atoms with Gasteiger partial charge in [-0.05, 0) is 49.2 Å². The van der Waals surface area contributed by atoms with E-state index >= 15 is 0 Å². The second kappa shape index (κ2) is 11.7. The molecule has 2 amide bonds. The molecular formula is C26H29N5O5S. The smallest absolute Gasteiger partial charge is 0.352 e. The Morgan fingerprint density at radius 2 is 2.00 bits per heavy atom. The van der Waals surface area contributed by atoms with Crippen LogP contribution in [0.1, 0.15) is 28.6 Å². The van der Waals surface area contributed by atoms with Gasteiger partial charge in [0, 0.05) is 43.3 Å². The maximum absolute atomic E-state index is 13.1. The van der Waals surface area contributed by atoms with E-state index in [0.29, 0.717) is 17.3 Å². The van der Waals surface area contributed by atoms with Crippen LogP contribution in [0, 0.1) is 0 Å². The van der Waals surface area contributed by atoms with Crippen molar-refractivity contribution >= 4 is 34.8 Å². The zero-order valence-electron chi connectivity index (χ0n) is 20.6. The van der Waals surface area contributed by atoms with E-state index in [4.69, 9.17) is 14.2 Å². The average molecular weight is 524 g/mol. The monoisotopic (exact) mass is 523 g/mol. The minimum atomic E-state index is -0.508. The standard InChI is InChI=1S/C26H29N5O5S/c1-2-35-25(32)22-23(29-24(37-22)18-6-8-27-9-7-18)31-17-19-16-20(4-5-21(19)28-26(31)33)36-13-3-10-30-11-14-34-15-12-30/h4-9,16H,2-3,10-15,17H2,1H3,(H,28,33). The largest absolute Gasteiger partial charge is 0.494 e. The molecule has 194 valence electrons. The molecule has 3 aromatic rings. The zero-order valence-corrected chi connectivity index (χ0v) is 21.5. The van der Waals surface area contributed by atoms with E-state index in [2.05, 4.69) is 20.2 Å². The van der Waals surface area contributed by atoms with Crippen LogP contribution in [-0.2, 0) is 16.0 Å². The van der Waals surface area contributed by atoms with Crippen molar-refractivity contribution in [3.63, 3.8) is 0 Å². The van der Waals surface area contributed by atoms with Gasteiger partial charge in [0.1, 0.15) is 10.8 Å². The van der Waals surface area contributed by atoms with Crippen molar-refractivity contribution in [2.45, 2.75) is 19.9 Å². The highest BCUT2D eigenvalue weighted by molar-refractivity contribution is 7.17. The summed E-state index contributed by atoms with van der Waals surface area (Å²) in [4.78, 5) is 38.7. The zero-order chi connectivity index (χ0) is 25.6. The summed E-state index contributed by atoms with van der Waals surface area (Å²) < 4.78 is 16.7. The number of hydrogen-bond acceptors (Lipinski definition) is 9. The Morgan fingerprint density at radius 3 is 2.78 bits per heavy atom. The highest BCUT2D eigenvalue weighted by atomic mass is 32.1. The lowest BCUT2D eigenvalue weighted by Gasteiger charge is -2.28. The first-order valence-electron chi connectivity index (χ1n) is 12.3. The molecule has 2 aromatic heterocycles. The molecule has 1 aromatic carbocycles. The summed E-state index contributed by atoms with van der Waals surface area (Å²) in [6.07, 6.45) is 4.24. The van der Waals surface area contributed by atoms with E-state index in [1.54, 1.807) is 19.3 Å².